The number of ether oxygens (including phenoxy) is 1. The molecule has 1 atom stereocenters. The molecule has 0 aliphatic rings. The first-order chi connectivity index (χ1) is 9.21. The molecule has 0 saturated carbocycles. The molecular formula is C15H22F3NO. The molecule has 0 aliphatic heterocycles. The minimum atomic E-state index is -4.35. The molecule has 20 heavy (non-hydrogen) atoms. The SMILES string of the molecule is CCNC(CC(C)(C)OC)c1ccccc1C(F)(F)F. The van der Waals surface area contributed by atoms with Crippen molar-refractivity contribution >= 4 is 0 Å². The van der Waals surface area contributed by atoms with Crippen molar-refractivity contribution in [2.24, 2.45) is 0 Å². The lowest BCUT2D eigenvalue weighted by Gasteiger charge is -2.30. The van der Waals surface area contributed by atoms with Gasteiger partial charge in [0.1, 0.15) is 0 Å². The third-order valence-electron chi connectivity index (χ3n) is 3.34. The smallest absolute Gasteiger partial charge is 0.379 e. The van der Waals surface area contributed by atoms with E-state index in [9.17, 15) is 13.2 Å². The van der Waals surface area contributed by atoms with Crippen LogP contribution >= 0.6 is 0 Å². The van der Waals surface area contributed by atoms with E-state index in [-0.39, 0.29) is 5.56 Å². The molecule has 2 nitrogen and oxygen atoms in total. The zero-order valence-electron chi connectivity index (χ0n) is 12.3. The minimum Gasteiger partial charge on any atom is -0.379 e. The lowest BCUT2D eigenvalue weighted by atomic mass is 9.90. The number of methoxy groups -OCH3 is 1. The Bertz CT molecular complexity index is 429. The highest BCUT2D eigenvalue weighted by atomic mass is 19.4. The van der Waals surface area contributed by atoms with Gasteiger partial charge in [0, 0.05) is 13.2 Å². The molecule has 0 spiro atoms. The molecule has 0 radical (unpaired) electrons. The van der Waals surface area contributed by atoms with Crippen LogP contribution in [0.5, 0.6) is 0 Å². The molecular weight excluding hydrogens is 267 g/mol. The van der Waals surface area contributed by atoms with Crippen molar-refractivity contribution in [2.75, 3.05) is 13.7 Å². The summed E-state index contributed by atoms with van der Waals surface area (Å²) in [5, 5.41) is 3.12. The maximum Gasteiger partial charge on any atom is 0.416 e. The van der Waals surface area contributed by atoms with Crippen molar-refractivity contribution < 1.29 is 17.9 Å². The van der Waals surface area contributed by atoms with Crippen LogP contribution in [0.2, 0.25) is 0 Å². The first-order valence-corrected chi connectivity index (χ1v) is 6.66. The summed E-state index contributed by atoms with van der Waals surface area (Å²) < 4.78 is 44.7. The number of hydrogen-bond donors (Lipinski definition) is 1. The molecule has 0 fully saturated rings. The molecule has 5 heteroatoms. The van der Waals surface area contributed by atoms with Gasteiger partial charge in [0.05, 0.1) is 11.2 Å². The molecule has 1 aromatic carbocycles. The summed E-state index contributed by atoms with van der Waals surface area (Å²) in [6.07, 6.45) is -3.88. The Hall–Kier alpha value is -1.07. The Kier molecular flexibility index (Phi) is 5.59. The Balaban J connectivity index is 3.16. The quantitative estimate of drug-likeness (QED) is 0.848. The van der Waals surface area contributed by atoms with Gasteiger partial charge in [-0.25, -0.2) is 0 Å². The summed E-state index contributed by atoms with van der Waals surface area (Å²) in [6, 6.07) is 5.31. The molecule has 114 valence electrons. The van der Waals surface area contributed by atoms with Gasteiger partial charge in [-0.15, -0.1) is 0 Å². The van der Waals surface area contributed by atoms with E-state index in [0.717, 1.165) is 6.07 Å². The van der Waals surface area contributed by atoms with Crippen molar-refractivity contribution in [3.8, 4) is 0 Å². The molecule has 0 heterocycles. The van der Waals surface area contributed by atoms with E-state index in [1.165, 1.54) is 12.1 Å². The monoisotopic (exact) mass is 289 g/mol. The Morgan fingerprint density at radius 3 is 2.30 bits per heavy atom. The number of benzene rings is 1. The number of hydrogen-bond acceptors (Lipinski definition) is 2. The summed E-state index contributed by atoms with van der Waals surface area (Å²) in [6.45, 7) is 6.21. The van der Waals surface area contributed by atoms with Gasteiger partial charge in [-0.3, -0.25) is 0 Å². The van der Waals surface area contributed by atoms with Crippen LogP contribution in [-0.2, 0) is 10.9 Å². The van der Waals surface area contributed by atoms with Crippen LogP contribution in [0.1, 0.15) is 44.4 Å². The molecule has 1 aromatic rings. The fourth-order valence-electron chi connectivity index (χ4n) is 2.17. The number of nitrogens with one attached hydrogen (secondary N) is 1. The van der Waals surface area contributed by atoms with Crippen LogP contribution in [0.25, 0.3) is 0 Å². The van der Waals surface area contributed by atoms with Crippen molar-refractivity contribution in [3.63, 3.8) is 0 Å². The molecule has 1 unspecified atom stereocenters. The summed E-state index contributed by atoms with van der Waals surface area (Å²) in [5.41, 5.74) is -0.809. The lowest BCUT2D eigenvalue weighted by Crippen LogP contribution is -2.33. The Morgan fingerprint density at radius 1 is 1.20 bits per heavy atom. The van der Waals surface area contributed by atoms with Gasteiger partial charge < -0.3 is 10.1 Å². The molecule has 1 rings (SSSR count). The summed E-state index contributed by atoms with van der Waals surface area (Å²) in [7, 11) is 1.57. The average molecular weight is 289 g/mol. The fraction of sp³-hybridized carbons (Fsp3) is 0.600. The van der Waals surface area contributed by atoms with Crippen LogP contribution in [0.3, 0.4) is 0 Å². The highest BCUT2D eigenvalue weighted by Crippen LogP contribution is 2.37. The normalized spacial score (nSPS) is 14.3. The summed E-state index contributed by atoms with van der Waals surface area (Å²) in [5.74, 6) is 0. The first-order valence-electron chi connectivity index (χ1n) is 6.66. The summed E-state index contributed by atoms with van der Waals surface area (Å²) in [4.78, 5) is 0. The van der Waals surface area contributed by atoms with Crippen LogP contribution in [0.4, 0.5) is 13.2 Å². The average Bonchev–Trinajstić information content (AvgIpc) is 2.37. The third kappa shape index (κ3) is 4.49. The standard InChI is InChI=1S/C15H22F3NO/c1-5-19-13(10-14(2,3)20-4)11-8-6-7-9-12(11)15(16,17)18/h6-9,13,19H,5,10H2,1-4H3. The highest BCUT2D eigenvalue weighted by Gasteiger charge is 2.36. The topological polar surface area (TPSA) is 21.3 Å². The maximum atomic E-state index is 13.1. The van der Waals surface area contributed by atoms with E-state index in [0.29, 0.717) is 13.0 Å². The molecule has 0 aromatic heterocycles. The number of alkyl halides is 3. The zero-order chi connectivity index (χ0) is 15.4. The molecule has 0 bridgehead atoms. The Morgan fingerprint density at radius 2 is 1.80 bits per heavy atom. The van der Waals surface area contributed by atoms with Crippen LogP contribution in [-0.4, -0.2) is 19.3 Å². The van der Waals surface area contributed by atoms with E-state index in [2.05, 4.69) is 5.32 Å². The first kappa shape index (κ1) is 17.0. The fourth-order valence-corrected chi connectivity index (χ4v) is 2.17. The van der Waals surface area contributed by atoms with Gasteiger partial charge in [0.15, 0.2) is 0 Å². The predicted octanol–water partition coefficient (Wildman–Crippen LogP) is 4.17. The van der Waals surface area contributed by atoms with Crippen molar-refractivity contribution in [3.05, 3.63) is 35.4 Å². The van der Waals surface area contributed by atoms with Gasteiger partial charge in [-0.05, 0) is 38.4 Å². The maximum absolute atomic E-state index is 13.1. The van der Waals surface area contributed by atoms with Crippen molar-refractivity contribution in [1.82, 2.24) is 5.32 Å². The molecule has 0 amide bonds. The van der Waals surface area contributed by atoms with Crippen LogP contribution in [0, 0.1) is 0 Å². The summed E-state index contributed by atoms with van der Waals surface area (Å²) >= 11 is 0. The van der Waals surface area contributed by atoms with Gasteiger partial charge in [0.25, 0.3) is 0 Å². The van der Waals surface area contributed by atoms with E-state index in [1.54, 1.807) is 13.2 Å². The number of rotatable bonds is 6. The molecule has 0 aliphatic carbocycles. The van der Waals surface area contributed by atoms with Gasteiger partial charge >= 0.3 is 6.18 Å². The van der Waals surface area contributed by atoms with Crippen LogP contribution < -0.4 is 5.32 Å². The highest BCUT2D eigenvalue weighted by molar-refractivity contribution is 5.32. The van der Waals surface area contributed by atoms with E-state index in [4.69, 9.17) is 4.74 Å². The van der Waals surface area contributed by atoms with Gasteiger partial charge in [-0.1, -0.05) is 25.1 Å². The lowest BCUT2D eigenvalue weighted by molar-refractivity contribution is -0.138. The third-order valence-corrected chi connectivity index (χ3v) is 3.34. The Labute approximate surface area is 118 Å². The van der Waals surface area contributed by atoms with Crippen molar-refractivity contribution in [2.45, 2.75) is 45.0 Å². The molecule has 0 saturated heterocycles. The largest absolute Gasteiger partial charge is 0.416 e. The molecule has 1 N–H and O–H groups in total. The predicted molar refractivity (Wildman–Crippen MR) is 73.6 cm³/mol. The second-order valence-corrected chi connectivity index (χ2v) is 5.36. The van der Waals surface area contributed by atoms with Crippen molar-refractivity contribution in [1.29, 1.82) is 0 Å². The van der Waals surface area contributed by atoms with E-state index in [1.807, 2.05) is 20.8 Å². The van der Waals surface area contributed by atoms with Gasteiger partial charge in [-0.2, -0.15) is 13.2 Å². The second kappa shape index (κ2) is 6.59. The second-order valence-electron chi connectivity index (χ2n) is 5.36. The minimum absolute atomic E-state index is 0.270. The zero-order valence-corrected chi connectivity index (χ0v) is 12.3. The van der Waals surface area contributed by atoms with E-state index < -0.39 is 23.4 Å². The number of halogens is 3. The van der Waals surface area contributed by atoms with Gasteiger partial charge in [0.2, 0.25) is 0 Å². The van der Waals surface area contributed by atoms with E-state index >= 15 is 0 Å². The van der Waals surface area contributed by atoms with Crippen LogP contribution in [0.15, 0.2) is 24.3 Å².